The molecule has 0 bridgehead atoms. The van der Waals surface area contributed by atoms with E-state index in [-0.39, 0.29) is 23.6 Å². The maximum Gasteiger partial charge on any atom is 0.251 e. The molecule has 3 rings (SSSR count). The Morgan fingerprint density at radius 2 is 1.69 bits per heavy atom. The van der Waals surface area contributed by atoms with Crippen LogP contribution in [-0.4, -0.2) is 23.7 Å². The molecule has 2 N–H and O–H groups in total. The number of nitrogens with one attached hydrogen (secondary N) is 1. The summed E-state index contributed by atoms with van der Waals surface area (Å²) in [4.78, 5) is 12.1. The molecule has 1 aliphatic carbocycles. The number of carbonyl (C=O) groups excluding carboxylic acids is 1. The quantitative estimate of drug-likeness (QED) is 0.820. The van der Waals surface area contributed by atoms with E-state index >= 15 is 0 Å². The van der Waals surface area contributed by atoms with Gasteiger partial charge in [-0.3, -0.25) is 4.79 Å². The summed E-state index contributed by atoms with van der Waals surface area (Å²) in [5.41, 5.74) is 1.54. The van der Waals surface area contributed by atoms with Gasteiger partial charge in [0.1, 0.15) is 11.6 Å². The first kappa shape index (κ1) is 18.4. The van der Waals surface area contributed by atoms with Crippen LogP contribution in [0, 0.1) is 11.7 Å². The highest BCUT2D eigenvalue weighted by Gasteiger charge is 2.22. The summed E-state index contributed by atoms with van der Waals surface area (Å²) in [5.74, 6) is 0.269. The summed E-state index contributed by atoms with van der Waals surface area (Å²) in [6.07, 6.45) is 4.21. The number of carbonyl (C=O) groups is 1. The molecule has 1 saturated carbocycles. The van der Waals surface area contributed by atoms with Crippen molar-refractivity contribution in [3.8, 4) is 5.75 Å². The van der Waals surface area contributed by atoms with Gasteiger partial charge in [0.05, 0.1) is 12.7 Å². The molecule has 0 radical (unpaired) electrons. The molecular formula is C21H24FNO3. The van der Waals surface area contributed by atoms with E-state index in [1.165, 1.54) is 24.3 Å². The van der Waals surface area contributed by atoms with Gasteiger partial charge in [-0.15, -0.1) is 0 Å². The first-order chi connectivity index (χ1) is 12.6. The number of aromatic hydroxyl groups is 1. The molecule has 5 heteroatoms. The number of ether oxygens (including phenoxy) is 1. The van der Waals surface area contributed by atoms with Crippen LogP contribution in [0.1, 0.15) is 41.6 Å². The molecule has 0 aromatic heterocycles. The smallest absolute Gasteiger partial charge is 0.251 e. The molecule has 0 saturated heterocycles. The van der Waals surface area contributed by atoms with Crippen molar-refractivity contribution in [2.24, 2.45) is 5.92 Å². The van der Waals surface area contributed by atoms with Crippen molar-refractivity contribution in [2.45, 2.75) is 38.4 Å². The van der Waals surface area contributed by atoms with E-state index in [1.54, 1.807) is 24.3 Å². The number of benzene rings is 2. The van der Waals surface area contributed by atoms with Crippen molar-refractivity contribution in [1.82, 2.24) is 5.32 Å². The summed E-state index contributed by atoms with van der Waals surface area (Å²) in [6, 6.07) is 12.7. The zero-order valence-electron chi connectivity index (χ0n) is 14.7. The van der Waals surface area contributed by atoms with E-state index in [4.69, 9.17) is 4.74 Å². The Labute approximate surface area is 153 Å². The van der Waals surface area contributed by atoms with Crippen LogP contribution in [-0.2, 0) is 11.3 Å². The normalized spacial score (nSPS) is 19.9. The maximum atomic E-state index is 12.9. The van der Waals surface area contributed by atoms with E-state index in [9.17, 15) is 14.3 Å². The van der Waals surface area contributed by atoms with Gasteiger partial charge in [0.2, 0.25) is 0 Å². The van der Waals surface area contributed by atoms with Gasteiger partial charge in [0, 0.05) is 12.1 Å². The third-order valence-electron chi connectivity index (χ3n) is 4.87. The molecule has 0 unspecified atom stereocenters. The van der Waals surface area contributed by atoms with Gasteiger partial charge in [-0.1, -0.05) is 12.1 Å². The van der Waals surface area contributed by atoms with Gasteiger partial charge < -0.3 is 15.2 Å². The largest absolute Gasteiger partial charge is 0.508 e. The Hall–Kier alpha value is -2.40. The predicted octanol–water partition coefficient (Wildman–Crippen LogP) is 4.04. The molecule has 4 nitrogen and oxygen atoms in total. The standard InChI is InChI=1S/C21H24FNO3/c22-18-7-1-16(2-8-18)14-26-20-11-3-15(4-12-20)13-23-21(25)17-5-9-19(24)10-6-17/h1-2,5-10,15,20,24H,3-4,11-14H2,(H,23,25). The molecule has 0 spiro atoms. The van der Waals surface area contributed by atoms with Gasteiger partial charge in [-0.2, -0.15) is 0 Å². The van der Waals surface area contributed by atoms with Crippen molar-refractivity contribution in [1.29, 1.82) is 0 Å². The summed E-state index contributed by atoms with van der Waals surface area (Å²) >= 11 is 0. The Balaban J connectivity index is 1.36. The van der Waals surface area contributed by atoms with Crippen molar-refractivity contribution < 1.29 is 19.0 Å². The minimum absolute atomic E-state index is 0.111. The van der Waals surface area contributed by atoms with E-state index in [2.05, 4.69) is 5.32 Å². The number of hydrogen-bond acceptors (Lipinski definition) is 3. The van der Waals surface area contributed by atoms with Crippen LogP contribution in [0.15, 0.2) is 48.5 Å². The van der Waals surface area contributed by atoms with Crippen LogP contribution < -0.4 is 5.32 Å². The Morgan fingerprint density at radius 1 is 1.04 bits per heavy atom. The highest BCUT2D eigenvalue weighted by molar-refractivity contribution is 5.94. The Kier molecular flexibility index (Phi) is 6.23. The lowest BCUT2D eigenvalue weighted by Gasteiger charge is -2.28. The molecule has 2 aromatic carbocycles. The molecule has 26 heavy (non-hydrogen) atoms. The predicted molar refractivity (Wildman–Crippen MR) is 97.4 cm³/mol. The Morgan fingerprint density at radius 3 is 2.35 bits per heavy atom. The van der Waals surface area contributed by atoms with E-state index < -0.39 is 0 Å². The van der Waals surface area contributed by atoms with Crippen molar-refractivity contribution in [3.63, 3.8) is 0 Å². The monoisotopic (exact) mass is 357 g/mol. The van der Waals surface area contributed by atoms with Gasteiger partial charge in [0.25, 0.3) is 5.91 Å². The van der Waals surface area contributed by atoms with Crippen molar-refractivity contribution in [2.75, 3.05) is 6.54 Å². The van der Waals surface area contributed by atoms with Crippen LogP contribution in [0.2, 0.25) is 0 Å². The molecule has 0 heterocycles. The fourth-order valence-corrected chi connectivity index (χ4v) is 3.25. The van der Waals surface area contributed by atoms with Crippen LogP contribution >= 0.6 is 0 Å². The highest BCUT2D eigenvalue weighted by atomic mass is 19.1. The lowest BCUT2D eigenvalue weighted by molar-refractivity contribution is 0.00729. The summed E-state index contributed by atoms with van der Waals surface area (Å²) in [5, 5.41) is 12.2. The van der Waals surface area contributed by atoms with Gasteiger partial charge in [-0.25, -0.2) is 4.39 Å². The van der Waals surface area contributed by atoms with E-state index in [0.717, 1.165) is 31.2 Å². The molecule has 0 aliphatic heterocycles. The molecular weight excluding hydrogens is 333 g/mol. The zero-order chi connectivity index (χ0) is 18.4. The first-order valence-electron chi connectivity index (χ1n) is 9.03. The Bertz CT molecular complexity index is 707. The van der Waals surface area contributed by atoms with E-state index in [1.807, 2.05) is 0 Å². The number of phenolic OH excluding ortho intramolecular Hbond substituents is 1. The maximum absolute atomic E-state index is 12.9. The second-order valence-electron chi connectivity index (χ2n) is 6.84. The molecule has 1 fully saturated rings. The molecule has 138 valence electrons. The van der Waals surface area contributed by atoms with Gasteiger partial charge in [-0.05, 0) is 73.6 Å². The van der Waals surface area contributed by atoms with Crippen molar-refractivity contribution in [3.05, 3.63) is 65.5 Å². The summed E-state index contributed by atoms with van der Waals surface area (Å²) in [7, 11) is 0. The summed E-state index contributed by atoms with van der Waals surface area (Å²) < 4.78 is 18.8. The first-order valence-corrected chi connectivity index (χ1v) is 9.03. The van der Waals surface area contributed by atoms with E-state index in [0.29, 0.717) is 24.6 Å². The van der Waals surface area contributed by atoms with Crippen LogP contribution in [0.4, 0.5) is 4.39 Å². The second kappa shape index (κ2) is 8.81. The number of amides is 1. The van der Waals surface area contributed by atoms with Crippen LogP contribution in [0.25, 0.3) is 0 Å². The number of phenols is 1. The average Bonchev–Trinajstić information content (AvgIpc) is 2.67. The fourth-order valence-electron chi connectivity index (χ4n) is 3.25. The molecule has 2 aromatic rings. The third kappa shape index (κ3) is 5.30. The number of rotatable bonds is 6. The highest BCUT2D eigenvalue weighted by Crippen LogP contribution is 2.26. The minimum Gasteiger partial charge on any atom is -0.508 e. The van der Waals surface area contributed by atoms with Gasteiger partial charge in [0.15, 0.2) is 0 Å². The number of hydrogen-bond donors (Lipinski definition) is 2. The molecule has 1 aliphatic rings. The van der Waals surface area contributed by atoms with Crippen LogP contribution in [0.3, 0.4) is 0 Å². The lowest BCUT2D eigenvalue weighted by Crippen LogP contribution is -2.32. The molecule has 1 amide bonds. The topological polar surface area (TPSA) is 58.6 Å². The average molecular weight is 357 g/mol. The minimum atomic E-state index is -0.233. The third-order valence-corrected chi connectivity index (χ3v) is 4.87. The van der Waals surface area contributed by atoms with Crippen LogP contribution in [0.5, 0.6) is 5.75 Å². The second-order valence-corrected chi connectivity index (χ2v) is 6.84. The number of halogens is 1. The zero-order valence-corrected chi connectivity index (χ0v) is 14.7. The SMILES string of the molecule is O=C(NCC1CCC(OCc2ccc(F)cc2)CC1)c1ccc(O)cc1. The molecule has 0 atom stereocenters. The van der Waals surface area contributed by atoms with Gasteiger partial charge >= 0.3 is 0 Å². The van der Waals surface area contributed by atoms with Crippen molar-refractivity contribution >= 4 is 5.91 Å². The fraction of sp³-hybridized carbons (Fsp3) is 0.381. The lowest BCUT2D eigenvalue weighted by atomic mass is 9.87. The summed E-state index contributed by atoms with van der Waals surface area (Å²) in [6.45, 7) is 1.16.